The number of hydrogen-bond acceptors (Lipinski definition) is 3. The molecule has 4 nitrogen and oxygen atoms in total. The predicted octanol–water partition coefficient (Wildman–Crippen LogP) is 0.295. The summed E-state index contributed by atoms with van der Waals surface area (Å²) in [4.78, 5) is 11.9. The van der Waals surface area contributed by atoms with Crippen molar-refractivity contribution < 1.29 is 4.79 Å². The Kier molecular flexibility index (Phi) is 4.73. The fourth-order valence-electron chi connectivity index (χ4n) is 2.07. The first-order chi connectivity index (χ1) is 8.75. The van der Waals surface area contributed by atoms with Gasteiger partial charge in [0.2, 0.25) is 5.91 Å². The van der Waals surface area contributed by atoms with Gasteiger partial charge in [-0.05, 0) is 18.9 Å². The van der Waals surface area contributed by atoms with E-state index in [4.69, 9.17) is 0 Å². The molecule has 1 fully saturated rings. The van der Waals surface area contributed by atoms with Crippen molar-refractivity contribution in [1.82, 2.24) is 16.0 Å². The molecule has 98 valence electrons. The van der Waals surface area contributed by atoms with Crippen LogP contribution in [0.1, 0.15) is 12.5 Å². The van der Waals surface area contributed by atoms with Crippen molar-refractivity contribution in [2.75, 3.05) is 19.6 Å². The molecule has 4 heteroatoms. The van der Waals surface area contributed by atoms with Crippen LogP contribution in [0.25, 0.3) is 0 Å². The van der Waals surface area contributed by atoms with E-state index in [0.717, 1.165) is 13.0 Å². The van der Waals surface area contributed by atoms with E-state index in [1.165, 1.54) is 5.56 Å². The van der Waals surface area contributed by atoms with Crippen molar-refractivity contribution in [2.45, 2.75) is 25.4 Å². The minimum atomic E-state index is -0.100. The van der Waals surface area contributed by atoms with Gasteiger partial charge in [-0.25, -0.2) is 0 Å². The minimum absolute atomic E-state index is 0.0883. The van der Waals surface area contributed by atoms with Crippen LogP contribution in [0.15, 0.2) is 30.3 Å². The highest BCUT2D eigenvalue weighted by Crippen LogP contribution is 1.98. The molecule has 0 radical (unpaired) electrons. The summed E-state index contributed by atoms with van der Waals surface area (Å²) in [6, 6.07) is 10.5. The highest BCUT2D eigenvalue weighted by molar-refractivity contribution is 5.82. The van der Waals surface area contributed by atoms with Crippen LogP contribution in [0.4, 0.5) is 0 Å². The van der Waals surface area contributed by atoms with Gasteiger partial charge in [-0.1, -0.05) is 30.3 Å². The quantitative estimate of drug-likeness (QED) is 0.717. The zero-order chi connectivity index (χ0) is 12.8. The van der Waals surface area contributed by atoms with Crippen LogP contribution in [-0.4, -0.2) is 37.6 Å². The van der Waals surface area contributed by atoms with Gasteiger partial charge in [0.25, 0.3) is 0 Å². The highest BCUT2D eigenvalue weighted by atomic mass is 16.2. The Bertz CT molecular complexity index is 372. The number of piperazine rings is 1. The summed E-state index contributed by atoms with van der Waals surface area (Å²) in [6.45, 7) is 4.35. The molecular formula is C14H21N3O. The van der Waals surface area contributed by atoms with Crippen molar-refractivity contribution in [1.29, 1.82) is 0 Å². The fourth-order valence-corrected chi connectivity index (χ4v) is 2.07. The molecule has 0 aliphatic carbocycles. The molecule has 1 aliphatic heterocycles. The van der Waals surface area contributed by atoms with Crippen molar-refractivity contribution in [3.8, 4) is 0 Å². The maximum absolute atomic E-state index is 11.9. The van der Waals surface area contributed by atoms with E-state index >= 15 is 0 Å². The molecule has 1 heterocycles. The average Bonchev–Trinajstić information content (AvgIpc) is 2.40. The number of nitrogens with one attached hydrogen (secondary N) is 3. The molecule has 1 aromatic carbocycles. The first-order valence-corrected chi connectivity index (χ1v) is 6.54. The Balaban J connectivity index is 1.69. The molecule has 2 rings (SSSR count). The lowest BCUT2D eigenvalue weighted by atomic mass is 10.1. The van der Waals surface area contributed by atoms with E-state index in [-0.39, 0.29) is 11.9 Å². The molecule has 0 saturated carbocycles. The van der Waals surface area contributed by atoms with E-state index in [0.29, 0.717) is 19.1 Å². The molecule has 1 aliphatic rings. The summed E-state index contributed by atoms with van der Waals surface area (Å²) < 4.78 is 0. The molecule has 0 bridgehead atoms. The third-order valence-electron chi connectivity index (χ3n) is 3.21. The third kappa shape index (κ3) is 3.82. The lowest BCUT2D eigenvalue weighted by molar-refractivity contribution is -0.123. The van der Waals surface area contributed by atoms with Crippen molar-refractivity contribution >= 4 is 5.91 Å². The molecule has 0 aromatic heterocycles. The Labute approximate surface area is 108 Å². The van der Waals surface area contributed by atoms with Crippen LogP contribution in [0.5, 0.6) is 0 Å². The molecule has 1 aromatic rings. The Morgan fingerprint density at radius 2 is 2.06 bits per heavy atom. The first kappa shape index (κ1) is 13.1. The number of amides is 1. The minimum Gasteiger partial charge on any atom is -0.354 e. The fraction of sp³-hybridized carbons (Fsp3) is 0.500. The second-order valence-electron chi connectivity index (χ2n) is 4.80. The maximum Gasteiger partial charge on any atom is 0.238 e. The third-order valence-corrected chi connectivity index (χ3v) is 3.21. The van der Waals surface area contributed by atoms with Crippen molar-refractivity contribution in [3.63, 3.8) is 0 Å². The second-order valence-corrected chi connectivity index (χ2v) is 4.80. The highest BCUT2D eigenvalue weighted by Gasteiger charge is 2.22. The first-order valence-electron chi connectivity index (χ1n) is 6.54. The van der Waals surface area contributed by atoms with Gasteiger partial charge in [0.1, 0.15) is 0 Å². The summed E-state index contributed by atoms with van der Waals surface area (Å²) in [7, 11) is 0. The van der Waals surface area contributed by atoms with Crippen molar-refractivity contribution in [3.05, 3.63) is 35.9 Å². The Hall–Kier alpha value is -1.39. The van der Waals surface area contributed by atoms with Crippen LogP contribution in [0, 0.1) is 0 Å². The molecule has 18 heavy (non-hydrogen) atoms. The van der Waals surface area contributed by atoms with Gasteiger partial charge in [0.15, 0.2) is 0 Å². The van der Waals surface area contributed by atoms with Gasteiger partial charge in [-0.15, -0.1) is 0 Å². The van der Waals surface area contributed by atoms with Gasteiger partial charge in [-0.3, -0.25) is 4.79 Å². The summed E-state index contributed by atoms with van der Waals surface area (Å²) in [6.07, 6.45) is 0.878. The average molecular weight is 247 g/mol. The van der Waals surface area contributed by atoms with E-state index < -0.39 is 0 Å². The number of benzene rings is 1. The second kappa shape index (κ2) is 6.52. The van der Waals surface area contributed by atoms with Gasteiger partial charge >= 0.3 is 0 Å². The Morgan fingerprint density at radius 3 is 2.72 bits per heavy atom. The van der Waals surface area contributed by atoms with Crippen LogP contribution >= 0.6 is 0 Å². The predicted molar refractivity (Wildman–Crippen MR) is 72.4 cm³/mol. The lowest BCUT2D eigenvalue weighted by Gasteiger charge is -2.28. The number of carbonyl (C=O) groups is 1. The van der Waals surface area contributed by atoms with E-state index in [1.54, 1.807) is 0 Å². The normalized spacial score (nSPS) is 23.6. The largest absolute Gasteiger partial charge is 0.354 e. The van der Waals surface area contributed by atoms with Gasteiger partial charge in [0.05, 0.1) is 6.04 Å². The summed E-state index contributed by atoms with van der Waals surface area (Å²) in [5, 5.41) is 9.51. The van der Waals surface area contributed by atoms with Gasteiger partial charge in [-0.2, -0.15) is 0 Å². The molecule has 2 unspecified atom stereocenters. The summed E-state index contributed by atoms with van der Waals surface area (Å²) in [5.74, 6) is 0.0883. The number of rotatable bonds is 4. The monoisotopic (exact) mass is 247 g/mol. The van der Waals surface area contributed by atoms with Gasteiger partial charge < -0.3 is 16.0 Å². The topological polar surface area (TPSA) is 53.2 Å². The van der Waals surface area contributed by atoms with Crippen molar-refractivity contribution in [2.24, 2.45) is 0 Å². The number of carbonyl (C=O) groups excluding carboxylic acids is 1. The molecule has 1 amide bonds. The summed E-state index contributed by atoms with van der Waals surface area (Å²) >= 11 is 0. The number of hydrogen-bond donors (Lipinski definition) is 3. The standard InChI is InChI=1S/C14H21N3O/c1-11-9-17-13(10-16-11)14(18)15-8-7-12-5-3-2-4-6-12/h2-6,11,13,16-17H,7-10H2,1H3,(H,15,18). The summed E-state index contributed by atoms with van der Waals surface area (Å²) in [5.41, 5.74) is 1.25. The maximum atomic E-state index is 11.9. The van der Waals surface area contributed by atoms with Crippen LogP contribution < -0.4 is 16.0 Å². The van der Waals surface area contributed by atoms with Gasteiger partial charge in [0, 0.05) is 25.7 Å². The molecule has 2 atom stereocenters. The van der Waals surface area contributed by atoms with Crippen LogP contribution in [0.3, 0.4) is 0 Å². The molecule has 0 spiro atoms. The van der Waals surface area contributed by atoms with E-state index in [1.807, 2.05) is 18.2 Å². The lowest BCUT2D eigenvalue weighted by Crippen LogP contribution is -2.59. The molecule has 3 N–H and O–H groups in total. The van der Waals surface area contributed by atoms with Crippen LogP contribution in [-0.2, 0) is 11.2 Å². The Morgan fingerprint density at radius 1 is 1.28 bits per heavy atom. The SMILES string of the molecule is CC1CNC(C(=O)NCCc2ccccc2)CN1. The molecule has 1 saturated heterocycles. The molecular weight excluding hydrogens is 226 g/mol. The van der Waals surface area contributed by atoms with Crippen LogP contribution in [0.2, 0.25) is 0 Å². The van der Waals surface area contributed by atoms with E-state index in [2.05, 4.69) is 35.0 Å². The smallest absolute Gasteiger partial charge is 0.238 e. The zero-order valence-electron chi connectivity index (χ0n) is 10.8. The zero-order valence-corrected chi connectivity index (χ0v) is 10.8. The van der Waals surface area contributed by atoms with E-state index in [9.17, 15) is 4.79 Å².